The van der Waals surface area contributed by atoms with E-state index in [2.05, 4.69) is 22.3 Å². The third-order valence-electron chi connectivity index (χ3n) is 4.75. The maximum Gasteiger partial charge on any atom is 0.253 e. The van der Waals surface area contributed by atoms with E-state index in [1.54, 1.807) is 7.11 Å². The molecule has 1 aliphatic rings. The van der Waals surface area contributed by atoms with Crippen molar-refractivity contribution in [3.05, 3.63) is 59.2 Å². The highest BCUT2D eigenvalue weighted by Crippen LogP contribution is 2.26. The van der Waals surface area contributed by atoms with Gasteiger partial charge < -0.3 is 19.7 Å². The van der Waals surface area contributed by atoms with E-state index in [-0.39, 0.29) is 5.91 Å². The predicted octanol–water partition coefficient (Wildman–Crippen LogP) is 3.55. The Kier molecular flexibility index (Phi) is 6.71. The number of ether oxygens (including phenoxy) is 2. The normalized spacial score (nSPS) is 13.6. The van der Waals surface area contributed by atoms with Crippen molar-refractivity contribution in [1.29, 1.82) is 0 Å². The Morgan fingerprint density at radius 2 is 1.93 bits per heavy atom. The monoisotopic (exact) mass is 368 g/mol. The molecule has 0 aromatic heterocycles. The fraction of sp³-hybridized carbons (Fsp3) is 0.409. The summed E-state index contributed by atoms with van der Waals surface area (Å²) in [4.78, 5) is 15.2. The lowest BCUT2D eigenvalue weighted by atomic mass is 10.1. The summed E-state index contributed by atoms with van der Waals surface area (Å²) in [6.45, 7) is 5.58. The van der Waals surface area contributed by atoms with Crippen LogP contribution in [0.15, 0.2) is 42.5 Å². The molecule has 27 heavy (non-hydrogen) atoms. The third-order valence-corrected chi connectivity index (χ3v) is 4.75. The van der Waals surface area contributed by atoms with Crippen LogP contribution in [0.1, 0.15) is 34.3 Å². The molecule has 0 saturated carbocycles. The van der Waals surface area contributed by atoms with Crippen LogP contribution in [0.4, 0.5) is 5.69 Å². The van der Waals surface area contributed by atoms with Crippen LogP contribution in [-0.4, -0.2) is 39.3 Å². The minimum Gasteiger partial charge on any atom is -0.491 e. The van der Waals surface area contributed by atoms with Crippen molar-refractivity contribution in [3.8, 4) is 5.75 Å². The summed E-state index contributed by atoms with van der Waals surface area (Å²) in [5, 5.41) is 3.05. The summed E-state index contributed by atoms with van der Waals surface area (Å²) in [5.74, 6) is 0.749. The standard InChI is InChI=1S/C22H28N2O3/c1-17-8-9-21(24-10-3-4-11-24)20(14-17)22(25)23-16-18-6-5-7-19(15-18)27-13-12-26-2/h5-9,14-15H,3-4,10-13,16H2,1-2H3,(H,23,25). The number of nitrogens with zero attached hydrogens (tertiary/aromatic N) is 1. The van der Waals surface area contributed by atoms with Crippen LogP contribution in [0.25, 0.3) is 0 Å². The molecule has 1 N–H and O–H groups in total. The number of rotatable bonds is 8. The predicted molar refractivity (Wildman–Crippen MR) is 108 cm³/mol. The number of carbonyl (C=O) groups excluding carboxylic acids is 1. The van der Waals surface area contributed by atoms with Crippen LogP contribution in [0, 0.1) is 6.92 Å². The van der Waals surface area contributed by atoms with E-state index >= 15 is 0 Å². The molecule has 2 aromatic carbocycles. The second kappa shape index (κ2) is 9.42. The van der Waals surface area contributed by atoms with Crippen LogP contribution >= 0.6 is 0 Å². The zero-order chi connectivity index (χ0) is 19.1. The highest BCUT2D eigenvalue weighted by Gasteiger charge is 2.19. The Labute approximate surface area is 161 Å². The number of benzene rings is 2. The van der Waals surface area contributed by atoms with Crippen molar-refractivity contribution in [2.45, 2.75) is 26.3 Å². The molecule has 1 fully saturated rings. The maximum absolute atomic E-state index is 12.9. The molecule has 2 aromatic rings. The lowest BCUT2D eigenvalue weighted by Crippen LogP contribution is -2.27. The zero-order valence-corrected chi connectivity index (χ0v) is 16.2. The van der Waals surface area contributed by atoms with Crippen molar-refractivity contribution in [2.75, 3.05) is 38.3 Å². The van der Waals surface area contributed by atoms with E-state index in [0.717, 1.165) is 41.2 Å². The van der Waals surface area contributed by atoms with Gasteiger partial charge in [-0.05, 0) is 49.6 Å². The van der Waals surface area contributed by atoms with Crippen molar-refractivity contribution in [1.82, 2.24) is 5.32 Å². The van der Waals surface area contributed by atoms with Gasteiger partial charge >= 0.3 is 0 Å². The molecule has 0 unspecified atom stereocenters. The lowest BCUT2D eigenvalue weighted by molar-refractivity contribution is 0.0951. The molecule has 0 spiro atoms. The van der Waals surface area contributed by atoms with Gasteiger partial charge in [0.15, 0.2) is 0 Å². The minimum absolute atomic E-state index is 0.0358. The van der Waals surface area contributed by atoms with Gasteiger partial charge in [0.25, 0.3) is 5.91 Å². The van der Waals surface area contributed by atoms with Gasteiger partial charge in [0.2, 0.25) is 0 Å². The molecule has 1 saturated heterocycles. The minimum atomic E-state index is -0.0358. The van der Waals surface area contributed by atoms with Gasteiger partial charge in [-0.15, -0.1) is 0 Å². The van der Waals surface area contributed by atoms with Crippen LogP contribution in [-0.2, 0) is 11.3 Å². The first kappa shape index (κ1) is 19.2. The molecule has 1 amide bonds. The van der Waals surface area contributed by atoms with E-state index in [1.807, 2.05) is 37.3 Å². The van der Waals surface area contributed by atoms with E-state index in [4.69, 9.17) is 9.47 Å². The van der Waals surface area contributed by atoms with Gasteiger partial charge in [-0.25, -0.2) is 0 Å². The Morgan fingerprint density at radius 3 is 2.70 bits per heavy atom. The maximum atomic E-state index is 12.9. The Morgan fingerprint density at radius 1 is 1.11 bits per heavy atom. The summed E-state index contributed by atoms with van der Waals surface area (Å²) in [6.07, 6.45) is 2.37. The molecule has 3 rings (SSSR count). The van der Waals surface area contributed by atoms with Gasteiger partial charge in [0, 0.05) is 32.4 Å². The van der Waals surface area contributed by atoms with E-state index in [1.165, 1.54) is 12.8 Å². The molecule has 0 bridgehead atoms. The average Bonchev–Trinajstić information content (AvgIpc) is 3.21. The smallest absolute Gasteiger partial charge is 0.253 e. The quantitative estimate of drug-likeness (QED) is 0.724. The molecule has 1 aliphatic heterocycles. The van der Waals surface area contributed by atoms with Gasteiger partial charge in [-0.3, -0.25) is 4.79 Å². The number of hydrogen-bond acceptors (Lipinski definition) is 4. The zero-order valence-electron chi connectivity index (χ0n) is 16.2. The van der Waals surface area contributed by atoms with Crippen LogP contribution in [0.3, 0.4) is 0 Å². The molecule has 5 nitrogen and oxygen atoms in total. The molecule has 0 atom stereocenters. The third kappa shape index (κ3) is 5.23. The van der Waals surface area contributed by atoms with Crippen LogP contribution in [0.5, 0.6) is 5.75 Å². The average molecular weight is 368 g/mol. The van der Waals surface area contributed by atoms with Crippen LogP contribution < -0.4 is 15.0 Å². The molecular formula is C22H28N2O3. The number of amides is 1. The highest BCUT2D eigenvalue weighted by molar-refractivity contribution is 6.00. The van der Waals surface area contributed by atoms with E-state index < -0.39 is 0 Å². The Hall–Kier alpha value is -2.53. The largest absolute Gasteiger partial charge is 0.491 e. The molecule has 0 radical (unpaired) electrons. The fourth-order valence-corrected chi connectivity index (χ4v) is 3.33. The lowest BCUT2D eigenvalue weighted by Gasteiger charge is -2.21. The summed E-state index contributed by atoms with van der Waals surface area (Å²) in [5.41, 5.74) is 3.89. The number of hydrogen-bond donors (Lipinski definition) is 1. The summed E-state index contributed by atoms with van der Waals surface area (Å²) < 4.78 is 10.6. The SMILES string of the molecule is COCCOc1cccc(CNC(=O)c2cc(C)ccc2N2CCCC2)c1. The summed E-state index contributed by atoms with van der Waals surface area (Å²) in [7, 11) is 1.65. The van der Waals surface area contributed by atoms with Crippen molar-refractivity contribution >= 4 is 11.6 Å². The number of methoxy groups -OCH3 is 1. The number of carbonyl (C=O) groups is 1. The first-order chi connectivity index (χ1) is 13.2. The fourth-order valence-electron chi connectivity index (χ4n) is 3.33. The first-order valence-electron chi connectivity index (χ1n) is 9.52. The molecule has 0 aliphatic carbocycles. The Balaban J connectivity index is 1.66. The number of nitrogens with one attached hydrogen (secondary N) is 1. The number of aryl methyl sites for hydroxylation is 1. The summed E-state index contributed by atoms with van der Waals surface area (Å²) in [6, 6.07) is 13.9. The molecule has 5 heteroatoms. The van der Waals surface area contributed by atoms with E-state index in [0.29, 0.717) is 19.8 Å². The molecular weight excluding hydrogens is 340 g/mol. The second-order valence-electron chi connectivity index (χ2n) is 6.89. The van der Waals surface area contributed by atoms with Gasteiger partial charge in [0.1, 0.15) is 12.4 Å². The van der Waals surface area contributed by atoms with Crippen molar-refractivity contribution in [2.24, 2.45) is 0 Å². The number of anilines is 1. The van der Waals surface area contributed by atoms with Crippen LogP contribution in [0.2, 0.25) is 0 Å². The Bertz CT molecular complexity index is 770. The van der Waals surface area contributed by atoms with Gasteiger partial charge in [-0.1, -0.05) is 23.8 Å². The summed E-state index contributed by atoms with van der Waals surface area (Å²) >= 11 is 0. The van der Waals surface area contributed by atoms with E-state index in [9.17, 15) is 4.79 Å². The topological polar surface area (TPSA) is 50.8 Å². The molecule has 1 heterocycles. The van der Waals surface area contributed by atoms with Crippen molar-refractivity contribution < 1.29 is 14.3 Å². The second-order valence-corrected chi connectivity index (χ2v) is 6.89. The van der Waals surface area contributed by atoms with Gasteiger partial charge in [-0.2, -0.15) is 0 Å². The van der Waals surface area contributed by atoms with Crippen molar-refractivity contribution in [3.63, 3.8) is 0 Å². The highest BCUT2D eigenvalue weighted by atomic mass is 16.5. The first-order valence-corrected chi connectivity index (χ1v) is 9.52. The molecule has 144 valence electrons. The van der Waals surface area contributed by atoms with Gasteiger partial charge in [0.05, 0.1) is 12.2 Å².